The third-order valence-electron chi connectivity index (χ3n) is 14.9. The fraction of sp³-hybridized carbons (Fsp3) is 0.0469. The Kier molecular flexibility index (Phi) is 8.03. The highest BCUT2D eigenvalue weighted by Crippen LogP contribution is 2.63. The molecule has 9 aromatic carbocycles. The van der Waals surface area contributed by atoms with E-state index in [1.54, 1.807) is 0 Å². The van der Waals surface area contributed by atoms with Gasteiger partial charge in [-0.1, -0.05) is 170 Å². The first kappa shape index (κ1) is 37.8. The molecule has 0 unspecified atom stereocenters. The number of pyridine rings is 3. The molecule has 3 nitrogen and oxygen atoms in total. The molecule has 312 valence electrons. The summed E-state index contributed by atoms with van der Waals surface area (Å²) >= 11 is 0. The van der Waals surface area contributed by atoms with Gasteiger partial charge in [-0.2, -0.15) is 0 Å². The van der Waals surface area contributed by atoms with E-state index in [-0.39, 0.29) is 0 Å². The number of benzene rings is 9. The van der Waals surface area contributed by atoms with Crippen molar-refractivity contribution in [1.82, 2.24) is 15.0 Å². The Labute approximate surface area is 388 Å². The molecule has 0 amide bonds. The molecule has 0 bridgehead atoms. The molecule has 2 aliphatic rings. The van der Waals surface area contributed by atoms with Crippen molar-refractivity contribution >= 4 is 43.4 Å². The zero-order valence-electron chi connectivity index (χ0n) is 37.0. The van der Waals surface area contributed by atoms with Gasteiger partial charge in [0, 0.05) is 44.4 Å². The van der Waals surface area contributed by atoms with E-state index in [4.69, 9.17) is 15.0 Å². The van der Waals surface area contributed by atoms with Crippen LogP contribution in [0.15, 0.2) is 212 Å². The standard InChI is InChI=1S/C64H41N3/c1-38-58-49-23-11-14-27-56(49)66-62(40-17-5-3-6-18-40)60(58)39(2)59-50-33-29-43(37-57(50)67-63(61(38)59)41-19-7-4-8-20-41)42-28-31-47-48-32-30-44(55-26-15-16-34-65-55)36-54(48)64(53(47)35-42)51-24-12-9-21-45(51)46-22-10-13-25-52(46)64/h3-37H,1-2H3. The highest BCUT2D eigenvalue weighted by Gasteiger charge is 2.51. The number of hydrogen-bond acceptors (Lipinski definition) is 3. The molecule has 3 heteroatoms. The molecule has 0 saturated heterocycles. The minimum atomic E-state index is -0.505. The molecular formula is C64H41N3. The van der Waals surface area contributed by atoms with Gasteiger partial charge in [0.15, 0.2) is 0 Å². The Morgan fingerprint density at radius 1 is 0.328 bits per heavy atom. The largest absolute Gasteiger partial charge is 0.256 e. The van der Waals surface area contributed by atoms with Crippen molar-refractivity contribution in [2.75, 3.05) is 0 Å². The normalized spacial score (nSPS) is 13.0. The van der Waals surface area contributed by atoms with E-state index < -0.39 is 5.41 Å². The summed E-state index contributed by atoms with van der Waals surface area (Å²) in [6.45, 7) is 4.58. The van der Waals surface area contributed by atoms with Crippen LogP contribution in [0.1, 0.15) is 33.4 Å². The molecule has 0 radical (unpaired) electrons. The summed E-state index contributed by atoms with van der Waals surface area (Å²) in [5, 5.41) is 7.13. The third kappa shape index (κ3) is 5.25. The Morgan fingerprint density at radius 3 is 1.43 bits per heavy atom. The van der Waals surface area contributed by atoms with Crippen LogP contribution in [0, 0.1) is 13.8 Å². The molecule has 3 aromatic heterocycles. The lowest BCUT2D eigenvalue weighted by molar-refractivity contribution is 0.794. The molecule has 0 fully saturated rings. The quantitative estimate of drug-likeness (QED) is 0.131. The fourth-order valence-electron chi connectivity index (χ4n) is 12.0. The van der Waals surface area contributed by atoms with Crippen LogP contribution in [0.2, 0.25) is 0 Å². The molecule has 0 atom stereocenters. The number of aryl methyl sites for hydroxylation is 2. The van der Waals surface area contributed by atoms with Crippen molar-refractivity contribution in [2.24, 2.45) is 0 Å². The zero-order valence-corrected chi connectivity index (χ0v) is 37.0. The van der Waals surface area contributed by atoms with Gasteiger partial charge >= 0.3 is 0 Å². The summed E-state index contributed by atoms with van der Waals surface area (Å²) in [7, 11) is 0. The lowest BCUT2D eigenvalue weighted by Crippen LogP contribution is -2.26. The van der Waals surface area contributed by atoms with Gasteiger partial charge in [-0.05, 0) is 128 Å². The molecule has 0 aliphatic heterocycles. The van der Waals surface area contributed by atoms with E-state index in [1.165, 1.54) is 77.2 Å². The Hall–Kier alpha value is -8.53. The van der Waals surface area contributed by atoms with Crippen molar-refractivity contribution in [1.29, 1.82) is 0 Å². The first-order valence-electron chi connectivity index (χ1n) is 23.2. The average molecular weight is 852 g/mol. The lowest BCUT2D eigenvalue weighted by Gasteiger charge is -2.31. The van der Waals surface area contributed by atoms with Gasteiger partial charge in [-0.15, -0.1) is 0 Å². The zero-order chi connectivity index (χ0) is 44.4. The van der Waals surface area contributed by atoms with Crippen LogP contribution >= 0.6 is 0 Å². The molecule has 12 aromatic rings. The van der Waals surface area contributed by atoms with E-state index in [0.29, 0.717) is 0 Å². The fourth-order valence-corrected chi connectivity index (χ4v) is 12.0. The molecular weight excluding hydrogens is 811 g/mol. The molecule has 2 aliphatic carbocycles. The summed E-state index contributed by atoms with van der Waals surface area (Å²) in [6.07, 6.45) is 1.88. The molecule has 0 saturated carbocycles. The third-order valence-corrected chi connectivity index (χ3v) is 14.9. The first-order chi connectivity index (χ1) is 33.1. The van der Waals surface area contributed by atoms with Crippen LogP contribution in [0.4, 0.5) is 0 Å². The minimum absolute atomic E-state index is 0.505. The highest BCUT2D eigenvalue weighted by molar-refractivity contribution is 6.25. The smallest absolute Gasteiger partial charge is 0.0791 e. The van der Waals surface area contributed by atoms with Crippen LogP contribution in [0.25, 0.3) is 111 Å². The van der Waals surface area contributed by atoms with E-state index in [1.807, 2.05) is 12.3 Å². The topological polar surface area (TPSA) is 38.7 Å². The number of para-hydroxylation sites is 1. The first-order valence-corrected chi connectivity index (χ1v) is 23.2. The van der Waals surface area contributed by atoms with Gasteiger partial charge < -0.3 is 0 Å². The number of fused-ring (bicyclic) bond motifs is 16. The van der Waals surface area contributed by atoms with E-state index in [0.717, 1.165) is 66.7 Å². The SMILES string of the molecule is Cc1c2c(-c3ccccc3)nc3cc(-c4ccc5c(c4)C4(c6ccccc6-c6ccccc64)c4cc(-c6ccccn6)ccc4-5)ccc3c2c(C)c2c(-c3ccccc3)nc3ccccc3c12. The van der Waals surface area contributed by atoms with Crippen molar-refractivity contribution < 1.29 is 0 Å². The maximum Gasteiger partial charge on any atom is 0.0791 e. The van der Waals surface area contributed by atoms with Crippen LogP contribution in [0.5, 0.6) is 0 Å². The second-order valence-electron chi connectivity index (χ2n) is 18.2. The Bertz CT molecular complexity index is 4000. The van der Waals surface area contributed by atoms with Gasteiger partial charge in [-0.25, -0.2) is 9.97 Å². The summed E-state index contributed by atoms with van der Waals surface area (Å²) < 4.78 is 0. The molecule has 0 N–H and O–H groups in total. The predicted octanol–water partition coefficient (Wildman–Crippen LogP) is 16.1. The maximum atomic E-state index is 5.68. The van der Waals surface area contributed by atoms with E-state index in [2.05, 4.69) is 214 Å². The highest BCUT2D eigenvalue weighted by atomic mass is 14.7. The molecule has 1 spiro atoms. The van der Waals surface area contributed by atoms with Crippen molar-refractivity contribution in [3.05, 3.63) is 246 Å². The van der Waals surface area contributed by atoms with Crippen molar-refractivity contribution in [2.45, 2.75) is 19.3 Å². The summed E-state index contributed by atoms with van der Waals surface area (Å²) in [6, 6.07) is 75.3. The van der Waals surface area contributed by atoms with Crippen molar-refractivity contribution in [3.63, 3.8) is 0 Å². The summed E-state index contributed by atoms with van der Waals surface area (Å²) in [4.78, 5) is 15.9. The van der Waals surface area contributed by atoms with Crippen LogP contribution in [-0.2, 0) is 5.41 Å². The number of hydrogen-bond donors (Lipinski definition) is 0. The number of rotatable bonds is 4. The second kappa shape index (κ2) is 14.2. The van der Waals surface area contributed by atoms with Crippen LogP contribution in [0.3, 0.4) is 0 Å². The summed E-state index contributed by atoms with van der Waals surface area (Å²) in [5.74, 6) is 0. The van der Waals surface area contributed by atoms with E-state index in [9.17, 15) is 0 Å². The van der Waals surface area contributed by atoms with Crippen LogP contribution in [-0.4, -0.2) is 15.0 Å². The van der Waals surface area contributed by atoms with Gasteiger partial charge in [0.05, 0.1) is 33.5 Å². The average Bonchev–Trinajstić information content (AvgIpc) is 3.86. The number of nitrogens with zero attached hydrogens (tertiary/aromatic N) is 3. The van der Waals surface area contributed by atoms with E-state index >= 15 is 0 Å². The van der Waals surface area contributed by atoms with Gasteiger partial charge in [-0.3, -0.25) is 4.98 Å². The molecule has 14 rings (SSSR count). The maximum absolute atomic E-state index is 5.68. The monoisotopic (exact) mass is 851 g/mol. The van der Waals surface area contributed by atoms with Gasteiger partial charge in [0.2, 0.25) is 0 Å². The molecule has 3 heterocycles. The predicted molar refractivity (Wildman–Crippen MR) is 277 cm³/mol. The lowest BCUT2D eigenvalue weighted by atomic mass is 9.70. The van der Waals surface area contributed by atoms with Crippen molar-refractivity contribution in [3.8, 4) is 67.2 Å². The Morgan fingerprint density at radius 2 is 0.806 bits per heavy atom. The summed E-state index contributed by atoms with van der Waals surface area (Å²) in [5.41, 5.74) is 22.9. The second-order valence-corrected chi connectivity index (χ2v) is 18.2. The van der Waals surface area contributed by atoms with Gasteiger partial charge in [0.25, 0.3) is 0 Å². The number of aromatic nitrogens is 3. The van der Waals surface area contributed by atoms with Crippen LogP contribution < -0.4 is 0 Å². The molecule has 67 heavy (non-hydrogen) atoms. The minimum Gasteiger partial charge on any atom is -0.256 e. The Balaban J connectivity index is 1.04. The van der Waals surface area contributed by atoms with Gasteiger partial charge in [0.1, 0.15) is 0 Å².